The van der Waals surface area contributed by atoms with Gasteiger partial charge in [0.05, 0.1) is 21.8 Å². The molecule has 1 aromatic carbocycles. The van der Waals surface area contributed by atoms with Gasteiger partial charge in [0.1, 0.15) is 0 Å². The van der Waals surface area contributed by atoms with Gasteiger partial charge in [-0.2, -0.15) is 18.2 Å². The molecule has 0 N–H and O–H groups in total. The Morgan fingerprint density at radius 2 is 1.89 bits per heavy atom. The molecule has 0 fully saturated rings. The van der Waals surface area contributed by atoms with E-state index in [1.807, 2.05) is 0 Å². The van der Waals surface area contributed by atoms with Gasteiger partial charge in [0.15, 0.2) is 0 Å². The maximum Gasteiger partial charge on any atom is 0.453 e. The van der Waals surface area contributed by atoms with Crippen LogP contribution in [0.1, 0.15) is 33.7 Å². The number of carbonyl (C=O) groups excluding carboxylic acids is 1. The summed E-state index contributed by atoms with van der Waals surface area (Å²) in [4.78, 5) is 20.9. The predicted molar refractivity (Wildman–Crippen MR) is 94.7 cm³/mol. The Balaban J connectivity index is 1.84. The summed E-state index contributed by atoms with van der Waals surface area (Å²) < 4.78 is 39.1. The fraction of sp³-hybridized carbons (Fsp3) is 0.200. The number of hydrogen-bond donors (Lipinski definition) is 0. The largest absolute Gasteiger partial charge is 0.453 e. The average molecular weight is 437 g/mol. The van der Waals surface area contributed by atoms with E-state index in [4.69, 9.17) is 28.0 Å². The minimum Gasteiger partial charge on any atom is -0.313 e. The van der Waals surface area contributed by atoms with Crippen LogP contribution in [0, 0.1) is 6.92 Å². The van der Waals surface area contributed by atoms with E-state index in [9.17, 15) is 18.0 Å². The van der Waals surface area contributed by atoms with Crippen LogP contribution in [0.25, 0.3) is 4.96 Å². The zero-order valence-electron chi connectivity index (χ0n) is 13.6. The molecular weight excluding hydrogens is 428 g/mol. The van der Waals surface area contributed by atoms with Crippen LogP contribution in [0.3, 0.4) is 0 Å². The summed E-state index contributed by atoms with van der Waals surface area (Å²) in [5.41, 5.74) is 0.777. The van der Waals surface area contributed by atoms with Crippen molar-refractivity contribution in [3.63, 3.8) is 0 Å². The van der Waals surface area contributed by atoms with Crippen LogP contribution in [0.4, 0.5) is 13.2 Å². The third-order valence-corrected chi connectivity index (χ3v) is 5.04. The van der Waals surface area contributed by atoms with Crippen molar-refractivity contribution in [3.8, 4) is 0 Å². The molecule has 0 spiro atoms. The molecule has 0 bridgehead atoms. The molecule has 0 amide bonds. The number of aryl methyl sites for hydroxylation is 1. The van der Waals surface area contributed by atoms with E-state index in [1.165, 1.54) is 18.2 Å². The zero-order valence-corrected chi connectivity index (χ0v) is 16.0. The van der Waals surface area contributed by atoms with Crippen molar-refractivity contribution in [2.75, 3.05) is 0 Å². The van der Waals surface area contributed by atoms with Gasteiger partial charge in [-0.25, -0.2) is 9.31 Å². The molecule has 0 radical (unpaired) electrons. The summed E-state index contributed by atoms with van der Waals surface area (Å²) in [6, 6.07) is 4.20. The number of benzene rings is 1. The predicted octanol–water partition coefficient (Wildman–Crippen LogP) is 5.01. The Morgan fingerprint density at radius 1 is 1.26 bits per heavy atom. The SMILES string of the molecule is CC(=NOC(=O)c1cc(Cl)cc(Cl)c1)c1sc2nc(C(F)(F)F)nn2c1C. The minimum absolute atomic E-state index is 0.0531. The minimum atomic E-state index is -4.63. The molecule has 0 aliphatic carbocycles. The van der Waals surface area contributed by atoms with E-state index in [0.717, 1.165) is 15.9 Å². The molecule has 3 rings (SSSR count). The number of rotatable bonds is 3. The smallest absolute Gasteiger partial charge is 0.313 e. The Bertz CT molecular complexity index is 1050. The number of carbonyl (C=O) groups is 1. The highest BCUT2D eigenvalue weighted by Gasteiger charge is 2.37. The molecule has 142 valence electrons. The Kier molecular flexibility index (Phi) is 5.15. The van der Waals surface area contributed by atoms with E-state index in [0.29, 0.717) is 10.6 Å². The molecule has 0 unspecified atom stereocenters. The Morgan fingerprint density at radius 3 is 2.44 bits per heavy atom. The summed E-state index contributed by atoms with van der Waals surface area (Å²) in [6.45, 7) is 3.10. The van der Waals surface area contributed by atoms with Crippen LogP contribution in [-0.2, 0) is 11.0 Å². The molecule has 3 aromatic rings. The fourth-order valence-electron chi connectivity index (χ4n) is 2.18. The van der Waals surface area contributed by atoms with Gasteiger partial charge in [0.2, 0.25) is 4.96 Å². The van der Waals surface area contributed by atoms with Crippen LogP contribution >= 0.6 is 34.5 Å². The number of nitrogens with zero attached hydrogens (tertiary/aromatic N) is 4. The number of thiazole rings is 1. The van der Waals surface area contributed by atoms with Crippen molar-refractivity contribution in [1.82, 2.24) is 14.6 Å². The van der Waals surface area contributed by atoms with Crippen molar-refractivity contribution in [2.24, 2.45) is 5.16 Å². The van der Waals surface area contributed by atoms with Crippen LogP contribution in [0.15, 0.2) is 23.4 Å². The summed E-state index contributed by atoms with van der Waals surface area (Å²) in [7, 11) is 0. The normalized spacial score (nSPS) is 12.6. The van der Waals surface area contributed by atoms with Gasteiger partial charge < -0.3 is 4.84 Å². The maximum absolute atomic E-state index is 12.7. The first-order valence-electron chi connectivity index (χ1n) is 7.22. The van der Waals surface area contributed by atoms with Crippen molar-refractivity contribution >= 4 is 51.2 Å². The number of hydrogen-bond acceptors (Lipinski definition) is 6. The molecule has 0 aliphatic rings. The lowest BCUT2D eigenvalue weighted by molar-refractivity contribution is -0.144. The highest BCUT2D eigenvalue weighted by molar-refractivity contribution is 7.19. The number of oxime groups is 1. The van der Waals surface area contributed by atoms with Gasteiger partial charge in [-0.1, -0.05) is 39.7 Å². The number of fused-ring (bicyclic) bond motifs is 1. The summed E-state index contributed by atoms with van der Waals surface area (Å²) in [5.74, 6) is -2.00. The molecular formula is C15H9Cl2F3N4O2S. The second-order valence-electron chi connectivity index (χ2n) is 5.36. The highest BCUT2D eigenvalue weighted by Crippen LogP contribution is 2.30. The summed E-state index contributed by atoms with van der Waals surface area (Å²) >= 11 is 12.6. The molecule has 0 atom stereocenters. The Labute approximate surface area is 164 Å². The lowest BCUT2D eigenvalue weighted by atomic mass is 10.2. The molecule has 12 heteroatoms. The fourth-order valence-corrected chi connectivity index (χ4v) is 3.70. The molecule has 2 aromatic heterocycles. The topological polar surface area (TPSA) is 68.8 Å². The Hall–Kier alpha value is -2.17. The number of halogens is 5. The van der Waals surface area contributed by atoms with E-state index < -0.39 is 18.0 Å². The lowest BCUT2D eigenvalue weighted by Crippen LogP contribution is -2.08. The molecule has 2 heterocycles. The second-order valence-corrected chi connectivity index (χ2v) is 7.21. The monoisotopic (exact) mass is 436 g/mol. The van der Waals surface area contributed by atoms with Gasteiger partial charge >= 0.3 is 12.1 Å². The molecule has 0 saturated carbocycles. The van der Waals surface area contributed by atoms with E-state index in [-0.39, 0.29) is 26.3 Å². The van der Waals surface area contributed by atoms with E-state index in [2.05, 4.69) is 15.2 Å². The van der Waals surface area contributed by atoms with Crippen LogP contribution in [0.5, 0.6) is 0 Å². The first kappa shape index (κ1) is 19.6. The standard InChI is InChI=1S/C15H9Cl2F3N4O2S/c1-6(23-26-12(25)8-3-9(16)5-10(17)4-8)11-7(2)24-14(27-11)21-13(22-24)15(18,19)20/h3-5H,1-2H3. The third kappa shape index (κ3) is 4.07. The molecule has 27 heavy (non-hydrogen) atoms. The number of aromatic nitrogens is 3. The first-order chi connectivity index (χ1) is 12.6. The zero-order chi connectivity index (χ0) is 19.9. The average Bonchev–Trinajstić information content (AvgIpc) is 3.11. The lowest BCUT2D eigenvalue weighted by Gasteiger charge is -2.02. The first-order valence-corrected chi connectivity index (χ1v) is 8.79. The second kappa shape index (κ2) is 7.10. The quantitative estimate of drug-likeness (QED) is 0.328. The van der Waals surface area contributed by atoms with Crippen molar-refractivity contribution in [1.29, 1.82) is 0 Å². The highest BCUT2D eigenvalue weighted by atomic mass is 35.5. The van der Waals surface area contributed by atoms with Gasteiger partial charge in [0, 0.05) is 10.0 Å². The molecule has 0 aliphatic heterocycles. The molecule has 0 saturated heterocycles. The van der Waals surface area contributed by atoms with Gasteiger partial charge in [0.25, 0.3) is 5.82 Å². The van der Waals surface area contributed by atoms with Crippen LogP contribution in [0.2, 0.25) is 10.0 Å². The molecule has 6 nitrogen and oxygen atoms in total. The van der Waals surface area contributed by atoms with Crippen molar-refractivity contribution in [3.05, 3.63) is 50.2 Å². The van der Waals surface area contributed by atoms with Crippen molar-refractivity contribution < 1.29 is 22.8 Å². The number of alkyl halides is 3. The van der Waals surface area contributed by atoms with Crippen LogP contribution < -0.4 is 0 Å². The van der Waals surface area contributed by atoms with E-state index in [1.54, 1.807) is 13.8 Å². The summed E-state index contributed by atoms with van der Waals surface area (Å²) in [5, 5.41) is 7.71. The third-order valence-electron chi connectivity index (χ3n) is 3.36. The maximum atomic E-state index is 12.7. The van der Waals surface area contributed by atoms with Gasteiger partial charge in [-0.05, 0) is 32.0 Å². The van der Waals surface area contributed by atoms with E-state index >= 15 is 0 Å². The van der Waals surface area contributed by atoms with Gasteiger partial charge in [-0.15, -0.1) is 5.10 Å². The summed E-state index contributed by atoms with van der Waals surface area (Å²) in [6.07, 6.45) is -4.63. The van der Waals surface area contributed by atoms with Gasteiger partial charge in [-0.3, -0.25) is 0 Å². The van der Waals surface area contributed by atoms with Crippen molar-refractivity contribution in [2.45, 2.75) is 20.0 Å². The van der Waals surface area contributed by atoms with Crippen LogP contribution in [-0.4, -0.2) is 26.3 Å².